The molecule has 0 bridgehead atoms. The molecule has 1 aromatic heterocycles. The fraction of sp³-hybridized carbons (Fsp3) is 0.500. The number of carbonyl (C=O) groups is 1. The predicted molar refractivity (Wildman–Crippen MR) is 66.6 cm³/mol. The molecule has 0 aliphatic rings. The zero-order valence-electron chi connectivity index (χ0n) is 10.1. The van der Waals surface area contributed by atoms with Crippen LogP contribution in [0.3, 0.4) is 0 Å². The van der Waals surface area contributed by atoms with Crippen LogP contribution >= 0.6 is 0 Å². The number of aromatic nitrogens is 1. The number of nitrogens with zero attached hydrogens (tertiary/aromatic N) is 1. The van der Waals surface area contributed by atoms with Crippen molar-refractivity contribution in [1.82, 2.24) is 9.88 Å². The highest BCUT2D eigenvalue weighted by Crippen LogP contribution is 2.02. The Morgan fingerprint density at radius 2 is 2.28 bits per heavy atom. The van der Waals surface area contributed by atoms with Gasteiger partial charge < -0.3 is 14.6 Å². The van der Waals surface area contributed by atoms with Gasteiger partial charge in [0.25, 0.3) is 5.91 Å². The minimum Gasteiger partial charge on any atom is -0.383 e. The minimum absolute atomic E-state index is 0.00682. The van der Waals surface area contributed by atoms with E-state index < -0.39 is 10.0 Å². The summed E-state index contributed by atoms with van der Waals surface area (Å²) in [5.41, 5.74) is 0.460. The fourth-order valence-corrected chi connectivity index (χ4v) is 1.79. The van der Waals surface area contributed by atoms with Gasteiger partial charge in [-0.1, -0.05) is 0 Å². The molecule has 1 aromatic rings. The molecule has 0 unspecified atom stereocenters. The second kappa shape index (κ2) is 6.53. The van der Waals surface area contributed by atoms with Crippen molar-refractivity contribution in [3.63, 3.8) is 0 Å². The number of nitrogens with two attached hydrogens (primary N) is 1. The van der Waals surface area contributed by atoms with E-state index in [2.05, 4.69) is 5.32 Å². The predicted octanol–water partition coefficient (Wildman–Crippen LogP) is -0.847. The first-order valence-electron chi connectivity index (χ1n) is 5.37. The highest BCUT2D eigenvalue weighted by Gasteiger charge is 2.11. The van der Waals surface area contributed by atoms with Gasteiger partial charge in [0.15, 0.2) is 0 Å². The molecule has 18 heavy (non-hydrogen) atoms. The van der Waals surface area contributed by atoms with Gasteiger partial charge >= 0.3 is 0 Å². The summed E-state index contributed by atoms with van der Waals surface area (Å²) >= 11 is 0. The number of carbonyl (C=O) groups excluding carboxylic acids is 1. The van der Waals surface area contributed by atoms with Gasteiger partial charge in [-0.15, -0.1) is 0 Å². The Hall–Kier alpha value is -1.38. The molecule has 1 rings (SSSR count). The van der Waals surface area contributed by atoms with Gasteiger partial charge in [0.2, 0.25) is 10.0 Å². The van der Waals surface area contributed by atoms with Crippen LogP contribution in [-0.4, -0.2) is 44.9 Å². The lowest BCUT2D eigenvalue weighted by molar-refractivity contribution is 0.0944. The van der Waals surface area contributed by atoms with Crippen LogP contribution in [-0.2, 0) is 21.3 Å². The summed E-state index contributed by atoms with van der Waals surface area (Å²) < 4.78 is 28.1. The van der Waals surface area contributed by atoms with Gasteiger partial charge in [-0.3, -0.25) is 4.79 Å². The van der Waals surface area contributed by atoms with E-state index in [9.17, 15) is 13.2 Å². The number of primary sulfonamides is 1. The lowest BCUT2D eigenvalue weighted by atomic mass is 10.4. The zero-order chi connectivity index (χ0) is 13.6. The van der Waals surface area contributed by atoms with E-state index in [4.69, 9.17) is 9.88 Å². The van der Waals surface area contributed by atoms with Crippen LogP contribution in [0.5, 0.6) is 0 Å². The maximum Gasteiger partial charge on any atom is 0.267 e. The number of hydrogen-bond donors (Lipinski definition) is 2. The smallest absolute Gasteiger partial charge is 0.267 e. The Bertz CT molecular complexity index is 495. The number of amides is 1. The fourth-order valence-electron chi connectivity index (χ4n) is 1.40. The van der Waals surface area contributed by atoms with Crippen molar-refractivity contribution in [2.45, 2.75) is 6.54 Å². The first-order valence-corrected chi connectivity index (χ1v) is 7.08. The van der Waals surface area contributed by atoms with Crippen molar-refractivity contribution in [3.8, 4) is 0 Å². The molecular weight excluding hydrogens is 258 g/mol. The van der Waals surface area contributed by atoms with Crippen LogP contribution in [0.2, 0.25) is 0 Å². The van der Waals surface area contributed by atoms with E-state index >= 15 is 0 Å². The molecule has 1 amide bonds. The third-order valence-electron chi connectivity index (χ3n) is 2.27. The molecule has 8 heteroatoms. The van der Waals surface area contributed by atoms with Crippen molar-refractivity contribution in [3.05, 3.63) is 24.0 Å². The van der Waals surface area contributed by atoms with Gasteiger partial charge in [-0.2, -0.15) is 0 Å². The third kappa shape index (κ3) is 4.86. The van der Waals surface area contributed by atoms with Crippen LogP contribution in [0.25, 0.3) is 0 Å². The molecule has 0 fully saturated rings. The Labute approximate surface area is 106 Å². The molecule has 0 saturated heterocycles. The van der Waals surface area contributed by atoms with Gasteiger partial charge in [0.1, 0.15) is 5.69 Å². The van der Waals surface area contributed by atoms with Crippen LogP contribution in [0.1, 0.15) is 10.5 Å². The summed E-state index contributed by atoms with van der Waals surface area (Å²) in [6, 6.07) is 3.40. The largest absolute Gasteiger partial charge is 0.383 e. The van der Waals surface area contributed by atoms with Gasteiger partial charge in [-0.05, 0) is 12.1 Å². The van der Waals surface area contributed by atoms with E-state index in [-0.39, 0.29) is 18.2 Å². The molecule has 102 valence electrons. The maximum atomic E-state index is 11.8. The lowest BCUT2D eigenvalue weighted by Gasteiger charge is -2.08. The number of hydrogen-bond acceptors (Lipinski definition) is 4. The average molecular weight is 275 g/mol. The third-order valence-corrected chi connectivity index (χ3v) is 3.04. The van der Waals surface area contributed by atoms with Crippen molar-refractivity contribution in [2.24, 2.45) is 5.14 Å². The summed E-state index contributed by atoms with van der Waals surface area (Å²) in [7, 11) is -1.98. The number of ether oxygens (including phenoxy) is 1. The molecule has 0 radical (unpaired) electrons. The molecule has 0 aromatic carbocycles. The molecule has 7 nitrogen and oxygen atoms in total. The SMILES string of the molecule is COCCn1cccc1C(=O)NCCS(N)(=O)=O. The van der Waals surface area contributed by atoms with E-state index in [1.807, 2.05) is 0 Å². The van der Waals surface area contributed by atoms with Gasteiger partial charge in [0.05, 0.1) is 12.4 Å². The average Bonchev–Trinajstić information content (AvgIpc) is 2.72. The second-order valence-corrected chi connectivity index (χ2v) is 5.44. The van der Waals surface area contributed by atoms with E-state index in [1.165, 1.54) is 0 Å². The standard InChI is InChI=1S/C10H17N3O4S/c1-17-7-6-13-5-2-3-9(13)10(14)12-4-8-18(11,15)16/h2-3,5H,4,6-8H2,1H3,(H,12,14)(H2,11,15,16). The zero-order valence-corrected chi connectivity index (χ0v) is 10.9. The summed E-state index contributed by atoms with van der Waals surface area (Å²) in [5.74, 6) is -0.614. The Morgan fingerprint density at radius 3 is 2.89 bits per heavy atom. The Balaban J connectivity index is 2.53. The van der Waals surface area contributed by atoms with Crippen LogP contribution in [0.15, 0.2) is 18.3 Å². The summed E-state index contributed by atoms with van der Waals surface area (Å²) in [5, 5.41) is 7.33. The molecule has 0 saturated carbocycles. The van der Waals surface area contributed by atoms with Crippen LogP contribution < -0.4 is 10.5 Å². The van der Waals surface area contributed by atoms with Gasteiger partial charge in [0, 0.05) is 26.4 Å². The van der Waals surface area contributed by atoms with E-state index in [0.717, 1.165) is 0 Å². The molecule has 1 heterocycles. The first kappa shape index (κ1) is 14.7. The van der Waals surface area contributed by atoms with Gasteiger partial charge in [-0.25, -0.2) is 13.6 Å². The first-order chi connectivity index (χ1) is 8.44. The van der Waals surface area contributed by atoms with E-state index in [1.54, 1.807) is 30.0 Å². The minimum atomic E-state index is -3.55. The topological polar surface area (TPSA) is 103 Å². The van der Waals surface area contributed by atoms with Crippen LogP contribution in [0, 0.1) is 0 Å². The number of rotatable bonds is 7. The van der Waals surface area contributed by atoms with E-state index in [0.29, 0.717) is 18.8 Å². The second-order valence-electron chi connectivity index (χ2n) is 3.70. The monoisotopic (exact) mass is 275 g/mol. The molecule has 0 spiro atoms. The lowest BCUT2D eigenvalue weighted by Crippen LogP contribution is -2.32. The maximum absolute atomic E-state index is 11.8. The number of sulfonamides is 1. The molecule has 3 N–H and O–H groups in total. The normalized spacial score (nSPS) is 11.4. The number of nitrogens with one attached hydrogen (secondary N) is 1. The van der Waals surface area contributed by atoms with Crippen molar-refractivity contribution in [2.75, 3.05) is 26.0 Å². The summed E-state index contributed by atoms with van der Waals surface area (Å²) in [6.45, 7) is 1.04. The highest BCUT2D eigenvalue weighted by atomic mass is 32.2. The Kier molecular flexibility index (Phi) is 5.32. The quantitative estimate of drug-likeness (QED) is 0.676. The van der Waals surface area contributed by atoms with Crippen molar-refractivity contribution >= 4 is 15.9 Å². The van der Waals surface area contributed by atoms with Crippen molar-refractivity contribution < 1.29 is 17.9 Å². The molecular formula is C10H17N3O4S. The number of methoxy groups -OCH3 is 1. The molecule has 0 aliphatic carbocycles. The summed E-state index contributed by atoms with van der Waals surface area (Å²) in [4.78, 5) is 11.8. The van der Waals surface area contributed by atoms with Crippen molar-refractivity contribution in [1.29, 1.82) is 0 Å². The molecule has 0 atom stereocenters. The Morgan fingerprint density at radius 1 is 1.56 bits per heavy atom. The molecule has 0 aliphatic heterocycles. The van der Waals surface area contributed by atoms with Crippen LogP contribution in [0.4, 0.5) is 0 Å². The summed E-state index contributed by atoms with van der Waals surface area (Å²) in [6.07, 6.45) is 1.76. The highest BCUT2D eigenvalue weighted by molar-refractivity contribution is 7.89.